The van der Waals surface area contributed by atoms with Crippen LogP contribution in [0.4, 0.5) is 0 Å². The van der Waals surface area contributed by atoms with E-state index in [1.807, 2.05) is 18.8 Å². The molecule has 0 unspecified atom stereocenters. The first-order valence-corrected chi connectivity index (χ1v) is 3.93. The molecule has 0 aliphatic heterocycles. The van der Waals surface area contributed by atoms with Gasteiger partial charge in [-0.2, -0.15) is 5.10 Å². The Morgan fingerprint density at radius 1 is 1.64 bits per heavy atom. The lowest BCUT2D eigenvalue weighted by atomic mass is 10.3. The van der Waals surface area contributed by atoms with Crippen LogP contribution in [0.1, 0.15) is 11.4 Å². The molecule has 1 aromatic heterocycles. The van der Waals surface area contributed by atoms with Gasteiger partial charge in [-0.25, -0.2) is 0 Å². The summed E-state index contributed by atoms with van der Waals surface area (Å²) in [5.74, 6) is 0. The van der Waals surface area contributed by atoms with Gasteiger partial charge in [0.2, 0.25) is 5.69 Å². The zero-order chi connectivity index (χ0) is 8.27. The third-order valence-electron chi connectivity index (χ3n) is 1.87. The van der Waals surface area contributed by atoms with E-state index >= 15 is 0 Å². The zero-order valence-corrected chi connectivity index (χ0v) is 7.44. The van der Waals surface area contributed by atoms with Crippen LogP contribution in [0.5, 0.6) is 0 Å². The van der Waals surface area contributed by atoms with Gasteiger partial charge in [-0.15, -0.1) is 4.68 Å². The largest absolute Gasteiger partial charge is 0.319 e. The number of nitrogens with zero attached hydrogens (tertiary/aromatic N) is 1. The first-order chi connectivity index (χ1) is 5.24. The first-order valence-electron chi connectivity index (χ1n) is 3.93. The molecule has 0 aromatic carbocycles. The van der Waals surface area contributed by atoms with Gasteiger partial charge in [0.1, 0.15) is 0 Å². The normalized spacial score (nSPS) is 10.5. The van der Waals surface area contributed by atoms with Gasteiger partial charge < -0.3 is 5.32 Å². The van der Waals surface area contributed by atoms with Crippen LogP contribution < -0.4 is 10.00 Å². The fourth-order valence-corrected chi connectivity index (χ4v) is 1.07. The second-order valence-electron chi connectivity index (χ2n) is 2.84. The summed E-state index contributed by atoms with van der Waals surface area (Å²) in [6.45, 7) is 3.12. The Balaban J connectivity index is 2.58. The van der Waals surface area contributed by atoms with Crippen LogP contribution in [-0.2, 0) is 13.5 Å². The average Bonchev–Trinajstić information content (AvgIpc) is 2.28. The minimum atomic E-state index is 1.03. The van der Waals surface area contributed by atoms with Gasteiger partial charge in [0, 0.05) is 26.0 Å². The van der Waals surface area contributed by atoms with Gasteiger partial charge in [-0.1, -0.05) is 0 Å². The molecule has 0 aliphatic rings. The van der Waals surface area contributed by atoms with Crippen LogP contribution in [0.15, 0.2) is 6.07 Å². The summed E-state index contributed by atoms with van der Waals surface area (Å²) in [4.78, 5) is 0. The Kier molecular flexibility index (Phi) is 2.65. The van der Waals surface area contributed by atoms with Gasteiger partial charge >= 0.3 is 0 Å². The summed E-state index contributed by atoms with van der Waals surface area (Å²) < 4.78 is 2.03. The lowest BCUT2D eigenvalue weighted by molar-refractivity contribution is -0.732. The average molecular weight is 154 g/mol. The van der Waals surface area contributed by atoms with E-state index in [0.717, 1.165) is 13.0 Å². The number of hydrogen-bond donors (Lipinski definition) is 2. The number of nitrogens with one attached hydrogen (secondary N) is 2. The van der Waals surface area contributed by atoms with Crippen molar-refractivity contribution >= 4 is 0 Å². The number of aryl methyl sites for hydroxylation is 2. The number of H-pyrrole nitrogens is 1. The van der Waals surface area contributed by atoms with E-state index in [9.17, 15) is 0 Å². The van der Waals surface area contributed by atoms with Gasteiger partial charge in [0.15, 0.2) is 7.05 Å². The second kappa shape index (κ2) is 3.53. The van der Waals surface area contributed by atoms with Crippen molar-refractivity contribution < 1.29 is 4.68 Å². The molecule has 0 fully saturated rings. The maximum Gasteiger partial charge on any atom is 0.204 e. The molecule has 3 heteroatoms. The van der Waals surface area contributed by atoms with E-state index in [2.05, 4.69) is 23.4 Å². The fourth-order valence-electron chi connectivity index (χ4n) is 1.07. The van der Waals surface area contributed by atoms with Crippen molar-refractivity contribution in [2.24, 2.45) is 7.05 Å². The second-order valence-corrected chi connectivity index (χ2v) is 2.84. The first kappa shape index (κ1) is 8.27. The lowest BCUT2D eigenvalue weighted by Gasteiger charge is -1.91. The number of rotatable bonds is 3. The third-order valence-corrected chi connectivity index (χ3v) is 1.87. The van der Waals surface area contributed by atoms with Crippen molar-refractivity contribution in [1.29, 1.82) is 0 Å². The van der Waals surface area contributed by atoms with E-state index in [1.165, 1.54) is 11.4 Å². The van der Waals surface area contributed by atoms with Crippen LogP contribution in [0, 0.1) is 6.92 Å². The van der Waals surface area contributed by atoms with Gasteiger partial charge in [-0.05, 0) is 7.05 Å². The molecule has 11 heavy (non-hydrogen) atoms. The number of aromatic nitrogens is 2. The number of likely N-dealkylation sites (N-methyl/N-ethyl adjacent to an activating group) is 1. The highest BCUT2D eigenvalue weighted by Gasteiger charge is 2.05. The highest BCUT2D eigenvalue weighted by Crippen LogP contribution is 1.95. The monoisotopic (exact) mass is 154 g/mol. The SMILES string of the molecule is CNCCc1cc(C)[n+](C)[nH]1. The molecule has 0 spiro atoms. The molecule has 1 aromatic rings. The molecule has 62 valence electrons. The molecule has 0 radical (unpaired) electrons. The van der Waals surface area contributed by atoms with Crippen molar-refractivity contribution in [2.75, 3.05) is 13.6 Å². The van der Waals surface area contributed by atoms with E-state index in [1.54, 1.807) is 0 Å². The van der Waals surface area contributed by atoms with Crippen molar-refractivity contribution in [3.8, 4) is 0 Å². The molecular formula is C8H16N3+. The maximum atomic E-state index is 3.26. The molecule has 0 saturated heterocycles. The minimum Gasteiger partial charge on any atom is -0.319 e. The molecule has 0 aliphatic carbocycles. The standard InChI is InChI=1S/C8H15N3/c1-7-6-8(4-5-9-2)10-11(7)3/h6,9H,4-5H2,1-3H3/p+1. The van der Waals surface area contributed by atoms with Crippen molar-refractivity contribution in [2.45, 2.75) is 13.3 Å². The predicted octanol–water partition coefficient (Wildman–Crippen LogP) is -0.0905. The molecular weight excluding hydrogens is 138 g/mol. The molecule has 3 nitrogen and oxygen atoms in total. The molecule has 1 heterocycles. The van der Waals surface area contributed by atoms with Crippen LogP contribution in [0.2, 0.25) is 0 Å². The Bertz CT molecular complexity index is 208. The van der Waals surface area contributed by atoms with Crippen molar-refractivity contribution in [3.63, 3.8) is 0 Å². The highest BCUT2D eigenvalue weighted by molar-refractivity contribution is 5.02. The smallest absolute Gasteiger partial charge is 0.204 e. The Morgan fingerprint density at radius 2 is 2.36 bits per heavy atom. The molecule has 0 bridgehead atoms. The number of aromatic amines is 1. The molecule has 0 atom stereocenters. The van der Waals surface area contributed by atoms with Gasteiger partial charge in [-0.3, -0.25) is 0 Å². The Hall–Kier alpha value is -0.830. The van der Waals surface area contributed by atoms with Crippen LogP contribution in [0.3, 0.4) is 0 Å². The maximum absolute atomic E-state index is 3.26. The Labute approximate surface area is 67.4 Å². The molecule has 0 saturated carbocycles. The van der Waals surface area contributed by atoms with Crippen LogP contribution in [0.25, 0.3) is 0 Å². The molecule has 0 amide bonds. The van der Waals surface area contributed by atoms with Gasteiger partial charge in [0.05, 0.1) is 5.69 Å². The summed E-state index contributed by atoms with van der Waals surface area (Å²) in [7, 11) is 3.99. The zero-order valence-electron chi connectivity index (χ0n) is 7.44. The topological polar surface area (TPSA) is 31.7 Å². The van der Waals surface area contributed by atoms with E-state index in [-0.39, 0.29) is 0 Å². The summed E-state index contributed by atoms with van der Waals surface area (Å²) in [5, 5.41) is 6.37. The fraction of sp³-hybridized carbons (Fsp3) is 0.625. The number of hydrogen-bond acceptors (Lipinski definition) is 1. The third kappa shape index (κ3) is 2.05. The van der Waals surface area contributed by atoms with E-state index in [0.29, 0.717) is 0 Å². The van der Waals surface area contributed by atoms with E-state index in [4.69, 9.17) is 0 Å². The summed E-state index contributed by atoms with van der Waals surface area (Å²) in [5.41, 5.74) is 2.57. The molecule has 2 N–H and O–H groups in total. The predicted molar refractivity (Wildman–Crippen MR) is 44.3 cm³/mol. The van der Waals surface area contributed by atoms with E-state index < -0.39 is 0 Å². The minimum absolute atomic E-state index is 1.03. The summed E-state index contributed by atoms with van der Waals surface area (Å²) in [6.07, 6.45) is 1.07. The summed E-state index contributed by atoms with van der Waals surface area (Å²) >= 11 is 0. The van der Waals surface area contributed by atoms with Crippen LogP contribution >= 0.6 is 0 Å². The van der Waals surface area contributed by atoms with Gasteiger partial charge in [0.25, 0.3) is 0 Å². The Morgan fingerprint density at radius 3 is 2.82 bits per heavy atom. The summed E-state index contributed by atoms with van der Waals surface area (Å²) in [6, 6.07) is 2.18. The van der Waals surface area contributed by atoms with Crippen molar-refractivity contribution in [1.82, 2.24) is 10.4 Å². The highest BCUT2D eigenvalue weighted by atomic mass is 15.3. The lowest BCUT2D eigenvalue weighted by Crippen LogP contribution is -2.32. The van der Waals surface area contributed by atoms with Crippen molar-refractivity contribution in [3.05, 3.63) is 17.5 Å². The van der Waals surface area contributed by atoms with Crippen LogP contribution in [-0.4, -0.2) is 18.7 Å². The molecule has 1 rings (SSSR count). The quantitative estimate of drug-likeness (QED) is 0.586.